The fourth-order valence-electron chi connectivity index (χ4n) is 2.27. The molecular weight excluding hydrogens is 274 g/mol. The first-order valence-electron chi connectivity index (χ1n) is 6.26. The Balaban J connectivity index is 1.99. The van der Waals surface area contributed by atoms with Crippen molar-refractivity contribution in [2.75, 3.05) is 0 Å². The van der Waals surface area contributed by atoms with Gasteiger partial charge in [-0.3, -0.25) is 9.38 Å². The molecule has 0 saturated carbocycles. The Hall–Kier alpha value is -2.89. The molecule has 0 atom stereocenters. The number of rotatable bonds is 1. The van der Waals surface area contributed by atoms with Crippen molar-refractivity contribution in [1.29, 1.82) is 0 Å². The van der Waals surface area contributed by atoms with E-state index in [-0.39, 0.29) is 0 Å². The highest BCUT2D eigenvalue weighted by Gasteiger charge is 2.11. The van der Waals surface area contributed by atoms with Crippen LogP contribution in [0.3, 0.4) is 0 Å². The number of hydrogen-bond acceptors (Lipinski definition) is 3. The standard InChI is InChI=1S/C15H8F2N4/c16-10-6-13-14(7-11(10)17)21-5-3-12(19-15(21)20-13)9-2-1-4-18-8-9/h1-8H. The zero-order valence-electron chi connectivity index (χ0n) is 10.7. The van der Waals surface area contributed by atoms with Gasteiger partial charge in [0.25, 0.3) is 0 Å². The third kappa shape index (κ3) is 1.84. The van der Waals surface area contributed by atoms with Gasteiger partial charge < -0.3 is 0 Å². The van der Waals surface area contributed by atoms with Gasteiger partial charge in [0, 0.05) is 36.3 Å². The lowest BCUT2D eigenvalue weighted by Gasteiger charge is -2.01. The van der Waals surface area contributed by atoms with E-state index >= 15 is 0 Å². The maximum absolute atomic E-state index is 13.4. The van der Waals surface area contributed by atoms with E-state index in [4.69, 9.17) is 0 Å². The molecule has 3 heterocycles. The molecule has 0 aliphatic heterocycles. The minimum Gasteiger partial charge on any atom is -0.284 e. The summed E-state index contributed by atoms with van der Waals surface area (Å²) in [5.41, 5.74) is 2.40. The van der Waals surface area contributed by atoms with Crippen LogP contribution in [0.4, 0.5) is 8.78 Å². The lowest BCUT2D eigenvalue weighted by molar-refractivity contribution is 0.510. The number of fused-ring (bicyclic) bond motifs is 3. The van der Waals surface area contributed by atoms with Crippen LogP contribution in [-0.2, 0) is 0 Å². The summed E-state index contributed by atoms with van der Waals surface area (Å²) in [7, 11) is 0. The zero-order valence-corrected chi connectivity index (χ0v) is 10.7. The van der Waals surface area contributed by atoms with Gasteiger partial charge in [0.2, 0.25) is 5.78 Å². The van der Waals surface area contributed by atoms with Gasteiger partial charge in [-0.05, 0) is 18.2 Å². The predicted octanol–water partition coefficient (Wildman–Crippen LogP) is 3.22. The van der Waals surface area contributed by atoms with Crippen LogP contribution in [0.15, 0.2) is 48.9 Å². The topological polar surface area (TPSA) is 43.1 Å². The van der Waals surface area contributed by atoms with E-state index in [2.05, 4.69) is 15.0 Å². The Morgan fingerprint density at radius 2 is 1.86 bits per heavy atom. The fourth-order valence-corrected chi connectivity index (χ4v) is 2.27. The quantitative estimate of drug-likeness (QED) is 0.538. The number of nitrogens with zero attached hydrogens (tertiary/aromatic N) is 4. The molecule has 4 aromatic rings. The van der Waals surface area contributed by atoms with Gasteiger partial charge in [-0.2, -0.15) is 0 Å². The number of aromatic nitrogens is 4. The summed E-state index contributed by atoms with van der Waals surface area (Å²) in [5, 5.41) is 0. The molecule has 0 aliphatic carbocycles. The summed E-state index contributed by atoms with van der Waals surface area (Å²) < 4.78 is 28.2. The minimum absolute atomic E-state index is 0.365. The molecule has 0 N–H and O–H groups in total. The van der Waals surface area contributed by atoms with E-state index in [0.29, 0.717) is 22.5 Å². The summed E-state index contributed by atoms with van der Waals surface area (Å²) in [6, 6.07) is 7.67. The summed E-state index contributed by atoms with van der Waals surface area (Å²) in [4.78, 5) is 12.7. The van der Waals surface area contributed by atoms with Crippen LogP contribution in [-0.4, -0.2) is 19.4 Å². The Morgan fingerprint density at radius 1 is 1.00 bits per heavy atom. The SMILES string of the molecule is Fc1cc2nc3nc(-c4cccnc4)ccn3c2cc1F. The number of hydrogen-bond donors (Lipinski definition) is 0. The van der Waals surface area contributed by atoms with E-state index in [9.17, 15) is 8.78 Å². The molecule has 0 amide bonds. The van der Waals surface area contributed by atoms with Crippen LogP contribution in [0, 0.1) is 11.6 Å². The molecule has 1 aromatic carbocycles. The van der Waals surface area contributed by atoms with Crippen molar-refractivity contribution in [3.63, 3.8) is 0 Å². The highest BCUT2D eigenvalue weighted by molar-refractivity contribution is 5.80. The first kappa shape index (κ1) is 11.9. The van der Waals surface area contributed by atoms with Gasteiger partial charge in [0.15, 0.2) is 11.6 Å². The summed E-state index contributed by atoms with van der Waals surface area (Å²) in [6.07, 6.45) is 5.11. The highest BCUT2D eigenvalue weighted by Crippen LogP contribution is 2.22. The molecule has 0 unspecified atom stereocenters. The van der Waals surface area contributed by atoms with E-state index in [1.54, 1.807) is 29.1 Å². The van der Waals surface area contributed by atoms with Gasteiger partial charge in [-0.1, -0.05) is 0 Å². The normalized spacial score (nSPS) is 11.3. The van der Waals surface area contributed by atoms with Gasteiger partial charge in [0.1, 0.15) is 0 Å². The van der Waals surface area contributed by atoms with Gasteiger partial charge >= 0.3 is 0 Å². The molecule has 0 bridgehead atoms. The number of benzene rings is 1. The Labute approximate surface area is 117 Å². The monoisotopic (exact) mass is 282 g/mol. The smallest absolute Gasteiger partial charge is 0.235 e. The Morgan fingerprint density at radius 3 is 2.67 bits per heavy atom. The van der Waals surface area contributed by atoms with Crippen molar-refractivity contribution >= 4 is 16.8 Å². The van der Waals surface area contributed by atoms with Crippen molar-refractivity contribution in [3.05, 3.63) is 60.6 Å². The second-order valence-electron chi connectivity index (χ2n) is 4.59. The molecule has 102 valence electrons. The summed E-state index contributed by atoms with van der Waals surface area (Å²) >= 11 is 0. The third-order valence-electron chi connectivity index (χ3n) is 3.27. The van der Waals surface area contributed by atoms with Crippen molar-refractivity contribution in [1.82, 2.24) is 19.4 Å². The van der Waals surface area contributed by atoms with Crippen LogP contribution in [0.25, 0.3) is 28.1 Å². The van der Waals surface area contributed by atoms with Crippen LogP contribution < -0.4 is 0 Å². The van der Waals surface area contributed by atoms with E-state index in [1.807, 2.05) is 12.1 Å². The second-order valence-corrected chi connectivity index (χ2v) is 4.59. The molecule has 4 nitrogen and oxygen atoms in total. The van der Waals surface area contributed by atoms with Gasteiger partial charge in [-0.25, -0.2) is 18.7 Å². The molecule has 0 fully saturated rings. The molecular formula is C15H8F2N4. The average Bonchev–Trinajstić information content (AvgIpc) is 2.85. The van der Waals surface area contributed by atoms with Crippen molar-refractivity contribution in [3.8, 4) is 11.3 Å². The molecule has 0 spiro atoms. The second kappa shape index (κ2) is 4.31. The van der Waals surface area contributed by atoms with Crippen molar-refractivity contribution in [2.24, 2.45) is 0 Å². The lowest BCUT2D eigenvalue weighted by Crippen LogP contribution is -1.91. The predicted molar refractivity (Wildman–Crippen MR) is 73.6 cm³/mol. The molecule has 21 heavy (non-hydrogen) atoms. The van der Waals surface area contributed by atoms with Gasteiger partial charge in [0.05, 0.1) is 16.7 Å². The first-order chi connectivity index (χ1) is 10.2. The number of imidazole rings is 1. The van der Waals surface area contributed by atoms with E-state index < -0.39 is 11.6 Å². The summed E-state index contributed by atoms with van der Waals surface area (Å²) in [6.45, 7) is 0. The van der Waals surface area contributed by atoms with Crippen molar-refractivity contribution in [2.45, 2.75) is 0 Å². The van der Waals surface area contributed by atoms with Crippen LogP contribution >= 0.6 is 0 Å². The molecule has 3 aromatic heterocycles. The number of pyridine rings is 1. The minimum atomic E-state index is -0.918. The number of halogens is 2. The third-order valence-corrected chi connectivity index (χ3v) is 3.27. The molecule has 4 rings (SSSR count). The average molecular weight is 282 g/mol. The van der Waals surface area contributed by atoms with Crippen LogP contribution in [0.2, 0.25) is 0 Å². The lowest BCUT2D eigenvalue weighted by atomic mass is 10.2. The van der Waals surface area contributed by atoms with Crippen LogP contribution in [0.1, 0.15) is 0 Å². The fraction of sp³-hybridized carbons (Fsp3) is 0. The molecule has 0 aliphatic rings. The van der Waals surface area contributed by atoms with Crippen molar-refractivity contribution < 1.29 is 8.78 Å². The maximum atomic E-state index is 13.4. The molecule has 6 heteroatoms. The van der Waals surface area contributed by atoms with E-state index in [1.165, 1.54) is 0 Å². The maximum Gasteiger partial charge on any atom is 0.235 e. The zero-order chi connectivity index (χ0) is 14.4. The largest absolute Gasteiger partial charge is 0.284 e. The summed E-state index contributed by atoms with van der Waals surface area (Å²) in [5.74, 6) is -1.43. The first-order valence-corrected chi connectivity index (χ1v) is 6.26. The Kier molecular flexibility index (Phi) is 2.44. The highest BCUT2D eigenvalue weighted by atomic mass is 19.2. The van der Waals surface area contributed by atoms with E-state index in [0.717, 1.165) is 17.7 Å². The molecule has 0 radical (unpaired) electrons. The molecule has 0 saturated heterocycles. The Bertz CT molecular complexity index is 964. The van der Waals surface area contributed by atoms with Gasteiger partial charge in [-0.15, -0.1) is 0 Å². The van der Waals surface area contributed by atoms with Crippen LogP contribution in [0.5, 0.6) is 0 Å².